The fourth-order valence-corrected chi connectivity index (χ4v) is 2.99. The van der Waals surface area contributed by atoms with Gasteiger partial charge in [0, 0.05) is 29.5 Å². The predicted molar refractivity (Wildman–Crippen MR) is 97.9 cm³/mol. The number of nitrogens with one attached hydrogen (secondary N) is 1. The van der Waals surface area contributed by atoms with Gasteiger partial charge in [-0.1, -0.05) is 18.2 Å². The van der Waals surface area contributed by atoms with Crippen LogP contribution in [0.5, 0.6) is 0 Å². The number of carbonyl (C=O) groups excluding carboxylic acids is 2. The van der Waals surface area contributed by atoms with E-state index in [-0.39, 0.29) is 23.0 Å². The Kier molecular flexibility index (Phi) is 4.57. The second kappa shape index (κ2) is 6.67. The number of carbonyl (C=O) groups is 2. The van der Waals surface area contributed by atoms with Crippen molar-refractivity contribution in [2.24, 2.45) is 0 Å². The summed E-state index contributed by atoms with van der Waals surface area (Å²) in [6.45, 7) is 6.40. The summed E-state index contributed by atoms with van der Waals surface area (Å²) >= 11 is 0. The molecule has 3 rings (SSSR count). The molecule has 0 aliphatic carbocycles. The molecule has 0 atom stereocenters. The Morgan fingerprint density at radius 2 is 1.92 bits per heavy atom. The molecule has 0 unspecified atom stereocenters. The van der Waals surface area contributed by atoms with E-state index in [0.29, 0.717) is 12.1 Å². The molecule has 1 aromatic carbocycles. The summed E-state index contributed by atoms with van der Waals surface area (Å²) in [5, 5.41) is 2.87. The summed E-state index contributed by atoms with van der Waals surface area (Å²) < 4.78 is 0. The van der Waals surface area contributed by atoms with Crippen LogP contribution in [0.3, 0.4) is 0 Å². The van der Waals surface area contributed by atoms with Crippen molar-refractivity contribution in [1.29, 1.82) is 0 Å². The molecule has 0 spiro atoms. The molecule has 0 radical (unpaired) electrons. The Morgan fingerprint density at radius 3 is 2.68 bits per heavy atom. The molecule has 0 saturated heterocycles. The molecule has 1 aliphatic heterocycles. The van der Waals surface area contributed by atoms with E-state index >= 15 is 0 Å². The molecule has 2 amide bonds. The lowest BCUT2D eigenvalue weighted by Crippen LogP contribution is -2.41. The van der Waals surface area contributed by atoms with E-state index in [1.165, 1.54) is 11.8 Å². The van der Waals surface area contributed by atoms with Crippen LogP contribution in [0, 0.1) is 0 Å². The molecule has 1 aliphatic rings. The van der Waals surface area contributed by atoms with Crippen LogP contribution < -0.4 is 10.2 Å². The van der Waals surface area contributed by atoms with Gasteiger partial charge in [0.05, 0.1) is 0 Å². The fraction of sp³-hybridized carbons (Fsp3) is 0.350. The highest BCUT2D eigenvalue weighted by atomic mass is 16.2. The Hall–Kier alpha value is -2.69. The quantitative estimate of drug-likeness (QED) is 0.915. The van der Waals surface area contributed by atoms with E-state index in [9.17, 15) is 9.59 Å². The fourth-order valence-electron chi connectivity index (χ4n) is 2.99. The van der Waals surface area contributed by atoms with E-state index in [1.54, 1.807) is 17.0 Å². The average Bonchev–Trinajstić information content (AvgIpc) is 2.59. The third-order valence-corrected chi connectivity index (χ3v) is 4.08. The van der Waals surface area contributed by atoms with Gasteiger partial charge in [-0.05, 0) is 57.4 Å². The van der Waals surface area contributed by atoms with Gasteiger partial charge in [0.2, 0.25) is 0 Å². The second-order valence-corrected chi connectivity index (χ2v) is 7.32. The zero-order valence-corrected chi connectivity index (χ0v) is 14.9. The maximum absolute atomic E-state index is 13.0. The normalized spacial score (nSPS) is 14.0. The lowest BCUT2D eigenvalue weighted by atomic mass is 10.0. The third kappa shape index (κ3) is 3.87. The van der Waals surface area contributed by atoms with Crippen LogP contribution in [0.25, 0.3) is 0 Å². The van der Waals surface area contributed by atoms with Gasteiger partial charge in [0.1, 0.15) is 5.69 Å². The smallest absolute Gasteiger partial charge is 0.270 e. The van der Waals surface area contributed by atoms with Crippen LogP contribution in [0.15, 0.2) is 42.6 Å². The van der Waals surface area contributed by atoms with Crippen molar-refractivity contribution in [3.05, 3.63) is 59.4 Å². The monoisotopic (exact) mass is 337 g/mol. The first kappa shape index (κ1) is 17.1. The van der Waals surface area contributed by atoms with Gasteiger partial charge < -0.3 is 10.2 Å². The summed E-state index contributed by atoms with van der Waals surface area (Å²) in [7, 11) is 0. The van der Waals surface area contributed by atoms with Crippen LogP contribution in [0.2, 0.25) is 0 Å². The number of amides is 2. The summed E-state index contributed by atoms with van der Waals surface area (Å²) in [6, 6.07) is 11.2. The van der Waals surface area contributed by atoms with Crippen LogP contribution in [-0.4, -0.2) is 28.9 Å². The van der Waals surface area contributed by atoms with Crippen LogP contribution in [-0.2, 0) is 6.42 Å². The summed E-state index contributed by atoms with van der Waals surface area (Å²) in [4.78, 5) is 31.2. The molecule has 130 valence electrons. The molecule has 5 heteroatoms. The molecule has 0 bridgehead atoms. The van der Waals surface area contributed by atoms with Gasteiger partial charge in [-0.15, -0.1) is 0 Å². The van der Waals surface area contributed by atoms with E-state index in [1.807, 2.05) is 39.0 Å². The number of pyridine rings is 1. The number of aromatic nitrogens is 1. The van der Waals surface area contributed by atoms with Crippen molar-refractivity contribution in [3.63, 3.8) is 0 Å². The summed E-state index contributed by atoms with van der Waals surface area (Å²) in [5.74, 6) is -0.374. The van der Waals surface area contributed by atoms with Crippen molar-refractivity contribution < 1.29 is 9.59 Å². The summed E-state index contributed by atoms with van der Waals surface area (Å²) in [5.41, 5.74) is 2.51. The van der Waals surface area contributed by atoms with Gasteiger partial charge >= 0.3 is 0 Å². The number of para-hydroxylation sites is 1. The molecule has 0 saturated carbocycles. The molecule has 0 fully saturated rings. The molecule has 2 aromatic rings. The van der Waals surface area contributed by atoms with Gasteiger partial charge in [-0.2, -0.15) is 0 Å². The largest absolute Gasteiger partial charge is 0.346 e. The first-order chi connectivity index (χ1) is 11.8. The minimum atomic E-state index is -0.357. The number of benzene rings is 1. The van der Waals surface area contributed by atoms with E-state index < -0.39 is 0 Å². The van der Waals surface area contributed by atoms with Crippen molar-refractivity contribution in [2.75, 3.05) is 11.4 Å². The Bertz CT molecular complexity index is 809. The van der Waals surface area contributed by atoms with E-state index in [4.69, 9.17) is 0 Å². The first-order valence-electron chi connectivity index (χ1n) is 8.53. The Labute approximate surface area is 148 Å². The predicted octanol–water partition coefficient (Wildman–Crippen LogP) is 3.20. The summed E-state index contributed by atoms with van der Waals surface area (Å²) in [6.07, 6.45) is 3.43. The third-order valence-electron chi connectivity index (χ3n) is 4.08. The highest BCUT2D eigenvalue weighted by Gasteiger charge is 2.24. The standard InChI is InChI=1S/C20H23N3O2/c1-20(2,3)22-18(24)16-13-15(10-11-21-16)19(25)23-12-6-8-14-7-4-5-9-17(14)23/h4-5,7,9-11,13H,6,8,12H2,1-3H3,(H,22,24). The van der Waals surface area contributed by atoms with Crippen LogP contribution >= 0.6 is 0 Å². The molecule has 1 aromatic heterocycles. The SMILES string of the molecule is CC(C)(C)NC(=O)c1cc(C(=O)N2CCCc3ccccc32)ccn1. The molecule has 25 heavy (non-hydrogen) atoms. The number of fused-ring (bicyclic) bond motifs is 1. The van der Waals surface area contributed by atoms with Crippen LogP contribution in [0.4, 0.5) is 5.69 Å². The van der Waals surface area contributed by atoms with Crippen molar-refractivity contribution in [2.45, 2.75) is 39.2 Å². The zero-order chi connectivity index (χ0) is 18.0. The number of hydrogen-bond acceptors (Lipinski definition) is 3. The maximum atomic E-state index is 13.0. The zero-order valence-electron chi connectivity index (χ0n) is 14.9. The van der Waals surface area contributed by atoms with Crippen molar-refractivity contribution in [3.8, 4) is 0 Å². The minimum absolute atomic E-state index is 0.0978. The van der Waals surface area contributed by atoms with Crippen LogP contribution in [0.1, 0.15) is 53.6 Å². The number of nitrogens with zero attached hydrogens (tertiary/aromatic N) is 2. The van der Waals surface area contributed by atoms with Gasteiger partial charge in [-0.3, -0.25) is 14.6 Å². The van der Waals surface area contributed by atoms with E-state index in [0.717, 1.165) is 18.5 Å². The minimum Gasteiger partial charge on any atom is -0.346 e. The second-order valence-electron chi connectivity index (χ2n) is 7.32. The Morgan fingerprint density at radius 1 is 1.16 bits per heavy atom. The number of hydrogen-bond donors (Lipinski definition) is 1. The molecule has 1 N–H and O–H groups in total. The maximum Gasteiger partial charge on any atom is 0.270 e. The molecular formula is C20H23N3O2. The van der Waals surface area contributed by atoms with E-state index in [2.05, 4.69) is 16.4 Å². The lowest BCUT2D eigenvalue weighted by Gasteiger charge is -2.29. The first-order valence-corrected chi connectivity index (χ1v) is 8.53. The molecular weight excluding hydrogens is 314 g/mol. The average molecular weight is 337 g/mol. The number of aryl methyl sites for hydroxylation is 1. The number of anilines is 1. The van der Waals surface area contributed by atoms with Gasteiger partial charge in [0.15, 0.2) is 0 Å². The van der Waals surface area contributed by atoms with Crippen molar-refractivity contribution >= 4 is 17.5 Å². The Balaban J connectivity index is 1.87. The highest BCUT2D eigenvalue weighted by Crippen LogP contribution is 2.28. The molecule has 2 heterocycles. The highest BCUT2D eigenvalue weighted by molar-refractivity contribution is 6.07. The van der Waals surface area contributed by atoms with Gasteiger partial charge in [0.25, 0.3) is 11.8 Å². The van der Waals surface area contributed by atoms with Gasteiger partial charge in [-0.25, -0.2) is 0 Å². The lowest BCUT2D eigenvalue weighted by molar-refractivity contribution is 0.0914. The topological polar surface area (TPSA) is 62.3 Å². The molecule has 5 nitrogen and oxygen atoms in total. The number of rotatable bonds is 2. The van der Waals surface area contributed by atoms with Crippen molar-refractivity contribution in [1.82, 2.24) is 10.3 Å².